The molecule has 0 saturated heterocycles. The molecule has 2 N–H and O–H groups in total. The van der Waals surface area contributed by atoms with Crippen LogP contribution in [0.2, 0.25) is 0 Å². The largest absolute Gasteiger partial charge is 0.325 e. The van der Waals surface area contributed by atoms with E-state index in [2.05, 4.69) is 52.8 Å². The van der Waals surface area contributed by atoms with Crippen LogP contribution >= 0.6 is 0 Å². The van der Waals surface area contributed by atoms with Gasteiger partial charge in [-0.2, -0.15) is 0 Å². The van der Waals surface area contributed by atoms with E-state index in [1.165, 1.54) is 75.3 Å². The van der Waals surface area contributed by atoms with E-state index in [9.17, 15) is 4.79 Å². The summed E-state index contributed by atoms with van der Waals surface area (Å²) in [4.78, 5) is 11.2. The highest BCUT2D eigenvalue weighted by molar-refractivity contribution is 5.78. The topological polar surface area (TPSA) is 43.1 Å². The van der Waals surface area contributed by atoms with Gasteiger partial charge in [-0.25, -0.2) is 0 Å². The number of nitrogens with two attached hydrogens (primary N) is 1. The molecule has 0 aliphatic heterocycles. The highest BCUT2D eigenvalue weighted by Crippen LogP contribution is 2.75. The van der Waals surface area contributed by atoms with Gasteiger partial charge in [0.05, 0.1) is 0 Å². The van der Waals surface area contributed by atoms with Crippen LogP contribution in [0.15, 0.2) is 30.3 Å². The summed E-state index contributed by atoms with van der Waals surface area (Å²) >= 11 is 0. The van der Waals surface area contributed by atoms with Crippen molar-refractivity contribution in [2.24, 2.45) is 51.1 Å². The quantitative estimate of drug-likeness (QED) is 0.441. The van der Waals surface area contributed by atoms with E-state index in [0.717, 1.165) is 29.6 Å². The molecule has 6 rings (SSSR count). The van der Waals surface area contributed by atoms with Crippen molar-refractivity contribution < 1.29 is 4.79 Å². The number of fused-ring (bicyclic) bond motifs is 7. The van der Waals surface area contributed by atoms with Crippen molar-refractivity contribution in [2.75, 3.05) is 0 Å². The second kappa shape index (κ2) is 7.56. The lowest BCUT2D eigenvalue weighted by Crippen LogP contribution is -2.66. The number of benzene rings is 1. The molecule has 4 fully saturated rings. The normalized spacial score (nSPS) is 48.1. The molecule has 8 atom stereocenters. The molecular weight excluding hydrogens is 426 g/mol. The van der Waals surface area contributed by atoms with Gasteiger partial charge in [-0.05, 0) is 114 Å². The first-order valence-electron chi connectivity index (χ1n) is 14.5. The van der Waals surface area contributed by atoms with Crippen LogP contribution < -0.4 is 5.73 Å². The van der Waals surface area contributed by atoms with E-state index < -0.39 is 0 Å². The summed E-state index contributed by atoms with van der Waals surface area (Å²) in [6.07, 6.45) is 16.8. The number of aldehydes is 1. The number of carbonyl (C=O) groups is 1. The SMILES string of the molecule is CC1(C)C(c2ccc(C=O)cc2)=CCC2(C)C1CCC1(C)C2CCC2C3CCCC3(N)CC[C@]21C. The molecule has 0 bridgehead atoms. The first kappa shape index (κ1) is 24.0. The minimum absolute atomic E-state index is 0.137. The zero-order valence-electron chi connectivity index (χ0n) is 22.8. The molecule has 4 saturated carbocycles. The molecule has 0 spiro atoms. The fourth-order valence-corrected chi connectivity index (χ4v) is 11.5. The Morgan fingerprint density at radius 1 is 0.800 bits per heavy atom. The summed E-state index contributed by atoms with van der Waals surface area (Å²) in [7, 11) is 0. The summed E-state index contributed by atoms with van der Waals surface area (Å²) in [5.41, 5.74) is 12.1. The molecule has 0 aromatic heterocycles. The number of hydrogen-bond donors (Lipinski definition) is 1. The molecule has 5 aliphatic rings. The summed E-state index contributed by atoms with van der Waals surface area (Å²) in [6, 6.07) is 8.30. The standard InChI is InChI=1S/C33H47NO/c1-29(2)24(23-10-8-22(21-35)9-11-23)14-17-30(3)27(29)15-18-32(5)28(30)13-12-25-26-7-6-16-33(26,34)20-19-31(25,32)4/h8-11,14,21,25-28H,6-7,12-13,15-20,34H2,1-5H3/t25?,26?,27?,28?,30?,31-,32?,33?/m1/s1. The van der Waals surface area contributed by atoms with Gasteiger partial charge in [0.15, 0.2) is 0 Å². The Morgan fingerprint density at radius 2 is 1.54 bits per heavy atom. The zero-order chi connectivity index (χ0) is 24.9. The Labute approximate surface area is 213 Å². The molecule has 1 aromatic rings. The van der Waals surface area contributed by atoms with Crippen molar-refractivity contribution >= 4 is 11.9 Å². The first-order chi connectivity index (χ1) is 16.5. The Kier molecular flexibility index (Phi) is 5.17. The van der Waals surface area contributed by atoms with Crippen molar-refractivity contribution in [2.45, 2.75) is 104 Å². The van der Waals surface area contributed by atoms with Gasteiger partial charge in [0.1, 0.15) is 6.29 Å². The molecule has 35 heavy (non-hydrogen) atoms. The first-order valence-corrected chi connectivity index (χ1v) is 14.5. The molecular formula is C33H47NO. The predicted octanol–water partition coefficient (Wildman–Crippen LogP) is 8.06. The van der Waals surface area contributed by atoms with Gasteiger partial charge >= 0.3 is 0 Å². The van der Waals surface area contributed by atoms with Gasteiger partial charge in [0.2, 0.25) is 0 Å². The van der Waals surface area contributed by atoms with E-state index in [-0.39, 0.29) is 11.0 Å². The van der Waals surface area contributed by atoms with Gasteiger partial charge < -0.3 is 5.73 Å². The van der Waals surface area contributed by atoms with Crippen molar-refractivity contribution in [3.63, 3.8) is 0 Å². The number of hydrogen-bond acceptors (Lipinski definition) is 2. The van der Waals surface area contributed by atoms with Gasteiger partial charge in [0.25, 0.3) is 0 Å². The highest BCUT2D eigenvalue weighted by atomic mass is 16.1. The molecule has 5 aliphatic carbocycles. The Balaban J connectivity index is 1.37. The van der Waals surface area contributed by atoms with Gasteiger partial charge in [-0.15, -0.1) is 0 Å². The van der Waals surface area contributed by atoms with Crippen LogP contribution in [0.4, 0.5) is 0 Å². The van der Waals surface area contributed by atoms with Crippen molar-refractivity contribution in [1.82, 2.24) is 0 Å². The van der Waals surface area contributed by atoms with E-state index in [1.807, 2.05) is 12.1 Å². The number of allylic oxidation sites excluding steroid dienone is 2. The van der Waals surface area contributed by atoms with Crippen molar-refractivity contribution in [3.05, 3.63) is 41.5 Å². The van der Waals surface area contributed by atoms with E-state index in [1.54, 1.807) is 0 Å². The smallest absolute Gasteiger partial charge is 0.150 e. The van der Waals surface area contributed by atoms with Gasteiger partial charge in [0, 0.05) is 11.1 Å². The van der Waals surface area contributed by atoms with Crippen LogP contribution in [0.1, 0.15) is 115 Å². The molecule has 0 radical (unpaired) electrons. The zero-order valence-corrected chi connectivity index (χ0v) is 22.8. The molecule has 0 amide bonds. The fourth-order valence-electron chi connectivity index (χ4n) is 11.5. The lowest BCUT2D eigenvalue weighted by Gasteiger charge is -2.72. The fraction of sp³-hybridized carbons (Fsp3) is 0.727. The predicted molar refractivity (Wildman–Crippen MR) is 145 cm³/mol. The molecule has 1 aromatic carbocycles. The molecule has 2 nitrogen and oxygen atoms in total. The van der Waals surface area contributed by atoms with Crippen LogP contribution in [-0.2, 0) is 0 Å². The van der Waals surface area contributed by atoms with Gasteiger partial charge in [-0.1, -0.05) is 71.4 Å². The highest BCUT2D eigenvalue weighted by Gasteiger charge is 2.69. The van der Waals surface area contributed by atoms with Crippen molar-refractivity contribution in [1.29, 1.82) is 0 Å². The average molecular weight is 474 g/mol. The Morgan fingerprint density at radius 3 is 2.26 bits per heavy atom. The summed E-state index contributed by atoms with van der Waals surface area (Å²) in [6.45, 7) is 13.1. The minimum atomic E-state index is 0.137. The molecule has 190 valence electrons. The third-order valence-corrected chi connectivity index (χ3v) is 13.4. The maximum Gasteiger partial charge on any atom is 0.150 e. The molecule has 2 heteroatoms. The maximum atomic E-state index is 11.2. The van der Waals surface area contributed by atoms with Crippen LogP contribution in [0.25, 0.3) is 5.57 Å². The lowest BCUT2D eigenvalue weighted by molar-refractivity contribution is -0.215. The monoisotopic (exact) mass is 473 g/mol. The van der Waals surface area contributed by atoms with Crippen LogP contribution in [0.3, 0.4) is 0 Å². The van der Waals surface area contributed by atoms with Gasteiger partial charge in [-0.3, -0.25) is 4.79 Å². The third kappa shape index (κ3) is 3.01. The van der Waals surface area contributed by atoms with Crippen LogP contribution in [0, 0.1) is 45.3 Å². The summed E-state index contributed by atoms with van der Waals surface area (Å²) in [5.74, 6) is 3.07. The number of rotatable bonds is 2. The lowest BCUT2D eigenvalue weighted by atomic mass is 9.33. The maximum absolute atomic E-state index is 11.2. The minimum Gasteiger partial charge on any atom is -0.325 e. The number of carbonyl (C=O) groups excluding carboxylic acids is 1. The second-order valence-corrected chi connectivity index (χ2v) is 14.7. The average Bonchev–Trinajstić information content (AvgIpc) is 3.21. The third-order valence-electron chi connectivity index (χ3n) is 13.4. The van der Waals surface area contributed by atoms with Crippen molar-refractivity contribution in [3.8, 4) is 0 Å². The van der Waals surface area contributed by atoms with Crippen LogP contribution in [0.5, 0.6) is 0 Å². The molecule has 7 unspecified atom stereocenters. The Hall–Kier alpha value is -1.41. The molecule has 0 heterocycles. The Bertz CT molecular complexity index is 1050. The summed E-state index contributed by atoms with van der Waals surface area (Å²) in [5, 5.41) is 0. The van der Waals surface area contributed by atoms with E-state index in [4.69, 9.17) is 5.73 Å². The second-order valence-electron chi connectivity index (χ2n) is 14.7. The van der Waals surface area contributed by atoms with E-state index >= 15 is 0 Å². The van der Waals surface area contributed by atoms with E-state index in [0.29, 0.717) is 22.2 Å². The van der Waals surface area contributed by atoms with Crippen LogP contribution in [-0.4, -0.2) is 11.8 Å². The summed E-state index contributed by atoms with van der Waals surface area (Å²) < 4.78 is 0.